The molecular formula is C124H259N9O. The van der Waals surface area contributed by atoms with Crippen LogP contribution in [0.15, 0.2) is 0 Å². The first kappa shape index (κ1) is 134. The number of rotatable bonds is 0. The lowest BCUT2D eigenvalue weighted by Gasteiger charge is -2.45. The molecule has 134 heavy (non-hydrogen) atoms. The number of fused-ring (bicyclic) bond motifs is 15. The third kappa shape index (κ3) is 73.6. The monoisotopic (exact) mass is 1890 g/mol. The van der Waals surface area contributed by atoms with Crippen molar-refractivity contribution in [3.63, 3.8) is 0 Å². The molecule has 0 radical (unpaired) electrons. The van der Waals surface area contributed by atoms with Crippen molar-refractivity contribution in [2.75, 3.05) is 72.1 Å². The average molecular weight is 1890 g/mol. The summed E-state index contributed by atoms with van der Waals surface area (Å²) < 4.78 is 5.70. The molecule has 24 fully saturated rings. The Morgan fingerprint density at radius 3 is 0.619 bits per heavy atom. The predicted octanol–water partition coefficient (Wildman–Crippen LogP) is 34.2. The first-order chi connectivity index (χ1) is 62.9. The topological polar surface area (TPSA) is 118 Å². The van der Waals surface area contributed by atoms with Crippen molar-refractivity contribution in [2.45, 2.75) is 611 Å². The predicted molar refractivity (Wildman–Crippen MR) is 607 cm³/mol. The summed E-state index contributed by atoms with van der Waals surface area (Å²) >= 11 is 0. The third-order valence-corrected chi connectivity index (χ3v) is 28.8. The quantitative estimate of drug-likeness (QED) is 0.116. The fourth-order valence-electron chi connectivity index (χ4n) is 21.8. The van der Waals surface area contributed by atoms with Gasteiger partial charge >= 0.3 is 0 Å². The highest BCUT2D eigenvalue weighted by Gasteiger charge is 2.42. The van der Waals surface area contributed by atoms with Crippen molar-refractivity contribution in [1.29, 1.82) is 0 Å². The van der Waals surface area contributed by atoms with E-state index in [2.05, 4.69) is 276 Å². The van der Waals surface area contributed by atoms with Crippen molar-refractivity contribution in [3.8, 4) is 0 Å². The van der Waals surface area contributed by atoms with Crippen LogP contribution in [0.3, 0.4) is 0 Å². The van der Waals surface area contributed by atoms with Gasteiger partial charge < -0.3 is 52.6 Å². The van der Waals surface area contributed by atoms with Gasteiger partial charge in [0.1, 0.15) is 0 Å². The summed E-state index contributed by atoms with van der Waals surface area (Å²) in [7, 11) is 0. The molecule has 10 saturated carbocycles. The largest absolute Gasteiger partial charge is 0.375 e. The normalized spacial score (nSPS) is 29.8. The van der Waals surface area contributed by atoms with E-state index in [9.17, 15) is 0 Å². The molecule has 0 amide bonds. The van der Waals surface area contributed by atoms with Gasteiger partial charge in [0.25, 0.3) is 0 Å². The Balaban J connectivity index is 0.00000139. The van der Waals surface area contributed by atoms with Crippen LogP contribution < -0.4 is 47.9 Å². The molecule has 24 rings (SSSR count). The van der Waals surface area contributed by atoms with Crippen molar-refractivity contribution in [1.82, 2.24) is 47.9 Å². The van der Waals surface area contributed by atoms with Gasteiger partial charge in [-0.1, -0.05) is 294 Å². The van der Waals surface area contributed by atoms with Crippen LogP contribution in [0.2, 0.25) is 0 Å². The average Bonchev–Trinajstić information content (AvgIpc) is 1.78. The number of piperidine rings is 9. The van der Waals surface area contributed by atoms with E-state index in [1.54, 1.807) is 25.7 Å². The van der Waals surface area contributed by atoms with Crippen molar-refractivity contribution < 1.29 is 4.74 Å². The maximum Gasteiger partial charge on any atom is 0.0682 e. The summed E-state index contributed by atoms with van der Waals surface area (Å²) in [5, 5.41) is 31.4. The Kier molecular flexibility index (Phi) is 79.6. The molecule has 0 aromatic heterocycles. The first-order valence-electron chi connectivity index (χ1n) is 60.1. The summed E-state index contributed by atoms with van der Waals surface area (Å²) in [4.78, 5) is 0. The van der Waals surface area contributed by atoms with Gasteiger partial charge in [-0.15, -0.1) is 0 Å². The smallest absolute Gasteiger partial charge is 0.0682 e. The van der Waals surface area contributed by atoms with Crippen LogP contribution in [0.1, 0.15) is 557 Å². The number of nitrogens with one attached hydrogen (secondary N) is 9. The summed E-state index contributed by atoms with van der Waals surface area (Å²) in [5.41, 5.74) is 2.90. The van der Waals surface area contributed by atoms with Gasteiger partial charge in [0.05, 0.1) is 5.60 Å². The SMILES string of the molecule is C.C1CC2(C1)CCNC2.C1CC2CCC1CN2.C1CC2CCC1CN2.C1CCC2(CC1)CCC2.C1CCC2(CCC2)OC1.C1CNCC2(C1)CCC2.C1C[C@@H]2CC[C@H](C1)N2.C1C[C@@H]2CC[C@H](C1)N2.C1C[C@@H]2CNC1C2.C1C[C@@H]2CNC[C@@H]2C1.C1C[C@H]2CNC1C2.CC(C)C.CC(C)C.CC(C)C.CC(C)C.CC(C)C.CC(C)C.CC(C)C.CC(C)C.CC(C)C.CC(C)C.CC(C)C. The van der Waals surface area contributed by atoms with Gasteiger partial charge in [0, 0.05) is 68.0 Å². The molecule has 12 bridgehead atoms. The second kappa shape index (κ2) is 79.8. The van der Waals surface area contributed by atoms with Crippen LogP contribution in [0.5, 0.6) is 0 Å². The van der Waals surface area contributed by atoms with Crippen LogP contribution in [-0.4, -0.2) is 126 Å². The van der Waals surface area contributed by atoms with Gasteiger partial charge in [0.15, 0.2) is 0 Å². The number of hydrogen-bond acceptors (Lipinski definition) is 10. The summed E-state index contributed by atoms with van der Waals surface area (Å²) in [6.07, 6.45) is 73.4. The highest BCUT2D eigenvalue weighted by molar-refractivity contribution is 4.97. The number of hydrogen-bond donors (Lipinski definition) is 9. The first-order valence-corrected chi connectivity index (χ1v) is 60.1. The van der Waals surface area contributed by atoms with E-state index in [4.69, 9.17) is 4.74 Å². The lowest BCUT2D eigenvalue weighted by Crippen LogP contribution is -2.44. The molecule has 9 N–H and O–H groups in total. The molecule has 2 unspecified atom stereocenters. The Hall–Kier alpha value is -0.400. The second-order valence-corrected chi connectivity index (χ2v) is 54.3. The molecular weight excluding hydrogens is 1630 g/mol. The summed E-state index contributed by atoms with van der Waals surface area (Å²) in [6.45, 7) is 85.6. The van der Waals surface area contributed by atoms with Crippen LogP contribution in [0.25, 0.3) is 0 Å². The lowest BCUT2D eigenvalue weighted by molar-refractivity contribution is -0.127. The molecule has 24 aliphatic rings. The highest BCUT2D eigenvalue weighted by Crippen LogP contribution is 2.52. The molecule has 10 atom stereocenters. The lowest BCUT2D eigenvalue weighted by atomic mass is 9.61. The maximum absolute atomic E-state index is 5.70. The van der Waals surface area contributed by atoms with Gasteiger partial charge in [-0.3, -0.25) is 0 Å². The van der Waals surface area contributed by atoms with E-state index in [1.165, 1.54) is 361 Å². The molecule has 10 aliphatic carbocycles. The summed E-state index contributed by atoms with van der Waals surface area (Å²) in [5.74, 6) is 15.5. The Morgan fingerprint density at radius 1 is 0.201 bits per heavy atom. The van der Waals surface area contributed by atoms with Crippen molar-refractivity contribution >= 4 is 0 Å². The van der Waals surface area contributed by atoms with E-state index in [-0.39, 0.29) is 7.43 Å². The molecule has 10 heteroatoms. The van der Waals surface area contributed by atoms with Gasteiger partial charge in [-0.05, 0) is 432 Å². The molecule has 14 heterocycles. The third-order valence-electron chi connectivity index (χ3n) is 28.8. The molecule has 14 saturated heterocycles. The maximum atomic E-state index is 5.70. The summed E-state index contributed by atoms with van der Waals surface area (Å²) in [6, 6.07) is 7.29. The van der Waals surface area contributed by atoms with E-state index in [0.717, 1.165) is 172 Å². The fraction of sp³-hybridized carbons (Fsp3) is 1.00. The Bertz CT molecular complexity index is 2040. The van der Waals surface area contributed by atoms with Gasteiger partial charge in [-0.25, -0.2) is 0 Å². The highest BCUT2D eigenvalue weighted by atomic mass is 16.5. The van der Waals surface area contributed by atoms with E-state index >= 15 is 0 Å². The van der Waals surface area contributed by atoms with Gasteiger partial charge in [0.2, 0.25) is 0 Å². The molecule has 10 nitrogen and oxygen atoms in total. The second-order valence-electron chi connectivity index (χ2n) is 54.3. The van der Waals surface area contributed by atoms with Crippen molar-refractivity contribution in [3.05, 3.63) is 0 Å². The molecule has 0 aromatic carbocycles. The Labute approximate surface area is 847 Å². The Morgan fingerprint density at radius 2 is 0.455 bits per heavy atom. The molecule has 806 valence electrons. The zero-order chi connectivity index (χ0) is 99.6. The molecule has 0 aromatic rings. The minimum Gasteiger partial charge on any atom is -0.375 e. The fourth-order valence-corrected chi connectivity index (χ4v) is 21.8. The minimum atomic E-state index is 0. The van der Waals surface area contributed by atoms with Crippen LogP contribution >= 0.6 is 0 Å². The van der Waals surface area contributed by atoms with E-state index < -0.39 is 0 Å². The zero-order valence-corrected chi connectivity index (χ0v) is 97.5. The standard InChI is InChI=1S/C9H16.C8H15N.C8H14O.6C7H13N.2C6H11N.11C4H10.CH4/c1-2-5-9(6-3-1)7-4-8-9;1-3-8(4-1)5-2-6-9-7-8;1-2-7-9-8(4-1)5-3-6-8;2*1-3-7-4-2-6(1)5-8-7;1-2-6-4-8-5-7(6)3-1;1-2-7(3-1)4-5-8-6-7;2*1-2-6-4-5-7(3-1)8-6;2*1-2-6-3-5(1)4-7-6;11*1-4(2)3;/h1-8H2;9H,1-7H2;1-7H2;3*6-8H,1-5H2;8H,1-6H2;2*6-8H,1-5H2;2*5-7H,1-4H2;11*4H,1-3H3;1H4/t;;;;;6-,7+;;2*6-,7+;2*5-,6?;;;;;;;;;;;;/m.........10............/s1. The van der Waals surface area contributed by atoms with Crippen LogP contribution in [0, 0.1) is 117 Å². The van der Waals surface area contributed by atoms with Crippen LogP contribution in [0.4, 0.5) is 0 Å². The van der Waals surface area contributed by atoms with Crippen LogP contribution in [-0.2, 0) is 4.74 Å². The minimum absolute atomic E-state index is 0. The van der Waals surface area contributed by atoms with Gasteiger partial charge in [-0.2, -0.15) is 0 Å². The molecule has 4 spiro atoms. The zero-order valence-electron chi connectivity index (χ0n) is 97.5. The van der Waals surface area contributed by atoms with Crippen molar-refractivity contribution in [2.24, 2.45) is 117 Å². The van der Waals surface area contributed by atoms with E-state index in [1.807, 2.05) is 0 Å². The molecule has 14 aliphatic heterocycles. The number of ether oxygens (including phenoxy) is 1. The van der Waals surface area contributed by atoms with E-state index in [0.29, 0.717) is 5.60 Å².